The fraction of sp³-hybridized carbons (Fsp3) is 0.118. The Balaban J connectivity index is 1.90. The van der Waals surface area contributed by atoms with Gasteiger partial charge in [-0.05, 0) is 24.3 Å². The lowest BCUT2D eigenvalue weighted by atomic mass is 10.1. The summed E-state index contributed by atoms with van der Waals surface area (Å²) >= 11 is 5.85. The monoisotopic (exact) mass is 394 g/mol. The van der Waals surface area contributed by atoms with Crippen LogP contribution in [0.25, 0.3) is 11.3 Å². The molecule has 26 heavy (non-hydrogen) atoms. The molecule has 0 saturated heterocycles. The van der Waals surface area contributed by atoms with Crippen LogP contribution in [0.2, 0.25) is 5.02 Å². The summed E-state index contributed by atoms with van der Waals surface area (Å²) in [6.45, 7) is 0. The van der Waals surface area contributed by atoms with Crippen molar-refractivity contribution in [2.24, 2.45) is 0 Å². The number of ether oxygens (including phenoxy) is 2. The largest absolute Gasteiger partial charge is 0.497 e. The number of sulfonamides is 1. The summed E-state index contributed by atoms with van der Waals surface area (Å²) < 4.78 is 43.0. The Morgan fingerprint density at radius 1 is 1.04 bits per heavy atom. The van der Waals surface area contributed by atoms with Crippen molar-refractivity contribution < 1.29 is 22.4 Å². The number of nitrogens with zero attached hydrogens (tertiary/aromatic N) is 1. The summed E-state index contributed by atoms with van der Waals surface area (Å²) in [5, 5.41) is 4.46. The van der Waals surface area contributed by atoms with E-state index in [9.17, 15) is 8.42 Å². The van der Waals surface area contributed by atoms with E-state index >= 15 is 0 Å². The lowest BCUT2D eigenvalue weighted by Gasteiger charge is -2.11. The van der Waals surface area contributed by atoms with Crippen molar-refractivity contribution in [1.29, 1.82) is 0 Å². The van der Waals surface area contributed by atoms with Crippen LogP contribution in [0.3, 0.4) is 0 Å². The second-order valence-corrected chi connectivity index (χ2v) is 7.29. The molecular formula is C17H15ClN2O5S. The third-order valence-electron chi connectivity index (χ3n) is 3.55. The van der Waals surface area contributed by atoms with E-state index in [2.05, 4.69) is 9.88 Å². The number of rotatable bonds is 6. The van der Waals surface area contributed by atoms with Gasteiger partial charge < -0.3 is 14.0 Å². The first-order valence-corrected chi connectivity index (χ1v) is 9.26. The molecule has 136 valence electrons. The van der Waals surface area contributed by atoms with Gasteiger partial charge in [-0.25, -0.2) is 13.1 Å². The van der Waals surface area contributed by atoms with Gasteiger partial charge in [-0.1, -0.05) is 28.9 Å². The first kappa shape index (κ1) is 18.1. The summed E-state index contributed by atoms with van der Waals surface area (Å²) in [6.07, 6.45) is 0. The Labute approximate surface area is 155 Å². The smallest absolute Gasteiger partial charge is 0.268 e. The number of benzene rings is 2. The van der Waals surface area contributed by atoms with E-state index in [4.69, 9.17) is 25.6 Å². The zero-order chi connectivity index (χ0) is 18.7. The number of aromatic nitrogens is 1. The van der Waals surface area contributed by atoms with Gasteiger partial charge in [-0.3, -0.25) is 0 Å². The summed E-state index contributed by atoms with van der Waals surface area (Å²) in [5.74, 6) is 0.529. The van der Waals surface area contributed by atoms with Gasteiger partial charge >= 0.3 is 0 Å². The maximum absolute atomic E-state index is 12.7. The fourth-order valence-electron chi connectivity index (χ4n) is 2.26. The van der Waals surface area contributed by atoms with Gasteiger partial charge in [0.1, 0.15) is 22.1 Å². The fourth-order valence-corrected chi connectivity index (χ4v) is 3.55. The highest BCUT2D eigenvalue weighted by molar-refractivity contribution is 7.92. The average Bonchev–Trinajstić information content (AvgIpc) is 3.09. The SMILES string of the molecule is COc1ccc(OC)c(S(=O)(=O)Nc2cc(-c3ccc(Cl)cc3)no2)c1. The molecule has 9 heteroatoms. The topological polar surface area (TPSA) is 90.7 Å². The minimum atomic E-state index is -3.97. The summed E-state index contributed by atoms with van der Waals surface area (Å²) in [5.41, 5.74) is 1.21. The molecule has 0 spiro atoms. The van der Waals surface area contributed by atoms with Crippen LogP contribution in [0.5, 0.6) is 11.5 Å². The number of anilines is 1. The third-order valence-corrected chi connectivity index (χ3v) is 5.17. The Hall–Kier alpha value is -2.71. The van der Waals surface area contributed by atoms with E-state index < -0.39 is 10.0 Å². The molecule has 7 nitrogen and oxygen atoms in total. The molecule has 0 radical (unpaired) electrons. The molecule has 0 aliphatic heterocycles. The Morgan fingerprint density at radius 3 is 2.42 bits per heavy atom. The Morgan fingerprint density at radius 2 is 1.77 bits per heavy atom. The zero-order valence-corrected chi connectivity index (χ0v) is 15.5. The Bertz CT molecular complexity index is 1020. The van der Waals surface area contributed by atoms with Crippen molar-refractivity contribution in [1.82, 2.24) is 5.16 Å². The maximum atomic E-state index is 12.7. The van der Waals surface area contributed by atoms with Crippen molar-refractivity contribution in [3.8, 4) is 22.8 Å². The molecular weight excluding hydrogens is 380 g/mol. The lowest BCUT2D eigenvalue weighted by molar-refractivity contribution is 0.392. The average molecular weight is 395 g/mol. The summed E-state index contributed by atoms with van der Waals surface area (Å²) in [4.78, 5) is -0.0798. The molecule has 0 aliphatic rings. The standard InChI is InChI=1S/C17H15ClN2O5S/c1-23-13-7-8-15(24-2)16(9-13)26(21,22)20-17-10-14(19-25-17)11-3-5-12(18)6-4-11/h3-10,20H,1-2H3. The van der Waals surface area contributed by atoms with Gasteiger partial charge in [0.05, 0.1) is 14.2 Å². The molecule has 3 rings (SSSR count). The van der Waals surface area contributed by atoms with Crippen molar-refractivity contribution in [3.63, 3.8) is 0 Å². The van der Waals surface area contributed by atoms with Crippen LogP contribution in [0, 0.1) is 0 Å². The maximum Gasteiger partial charge on any atom is 0.268 e. The zero-order valence-electron chi connectivity index (χ0n) is 13.9. The molecule has 1 aromatic heterocycles. The van der Waals surface area contributed by atoms with Gasteiger partial charge in [0.2, 0.25) is 5.88 Å². The van der Waals surface area contributed by atoms with Crippen LogP contribution in [-0.4, -0.2) is 27.8 Å². The van der Waals surface area contributed by atoms with Crippen molar-refractivity contribution in [3.05, 3.63) is 53.6 Å². The van der Waals surface area contributed by atoms with E-state index in [0.717, 1.165) is 5.56 Å². The molecule has 1 N–H and O–H groups in total. The first-order chi connectivity index (χ1) is 12.4. The molecule has 0 aliphatic carbocycles. The van der Waals surface area contributed by atoms with Gasteiger partial charge in [0.25, 0.3) is 10.0 Å². The number of hydrogen-bond donors (Lipinski definition) is 1. The summed E-state index contributed by atoms with van der Waals surface area (Å²) in [7, 11) is -1.15. The molecule has 0 saturated carbocycles. The highest BCUT2D eigenvalue weighted by Gasteiger charge is 2.22. The van der Waals surface area contributed by atoms with E-state index in [1.165, 1.54) is 32.4 Å². The number of methoxy groups -OCH3 is 2. The quantitative estimate of drug-likeness (QED) is 0.683. The Kier molecular flexibility index (Phi) is 5.06. The van der Waals surface area contributed by atoms with Crippen LogP contribution >= 0.6 is 11.6 Å². The van der Waals surface area contributed by atoms with E-state index in [0.29, 0.717) is 16.5 Å². The van der Waals surface area contributed by atoms with Crippen molar-refractivity contribution in [2.75, 3.05) is 18.9 Å². The minimum Gasteiger partial charge on any atom is -0.497 e. The molecule has 0 unspecified atom stereocenters. The second kappa shape index (κ2) is 7.27. The number of halogens is 1. The van der Waals surface area contributed by atoms with E-state index in [-0.39, 0.29) is 16.5 Å². The number of nitrogens with one attached hydrogen (secondary N) is 1. The molecule has 3 aromatic rings. The van der Waals surface area contributed by atoms with Crippen molar-refractivity contribution >= 4 is 27.5 Å². The predicted molar refractivity (Wildman–Crippen MR) is 97.3 cm³/mol. The van der Waals surface area contributed by atoms with Gasteiger partial charge in [-0.15, -0.1) is 0 Å². The van der Waals surface area contributed by atoms with Crippen LogP contribution in [0.1, 0.15) is 0 Å². The third kappa shape index (κ3) is 3.76. The van der Waals surface area contributed by atoms with Crippen LogP contribution < -0.4 is 14.2 Å². The second-order valence-electron chi connectivity index (χ2n) is 5.21. The molecule has 0 atom stereocenters. The summed E-state index contributed by atoms with van der Waals surface area (Å²) in [6, 6.07) is 12.9. The van der Waals surface area contributed by atoms with Gasteiger partial charge in [0.15, 0.2) is 0 Å². The molecule has 2 aromatic carbocycles. The lowest BCUT2D eigenvalue weighted by Crippen LogP contribution is -2.13. The highest BCUT2D eigenvalue weighted by Crippen LogP contribution is 2.30. The van der Waals surface area contributed by atoms with Crippen molar-refractivity contribution in [2.45, 2.75) is 4.90 Å². The highest BCUT2D eigenvalue weighted by atomic mass is 35.5. The normalized spacial score (nSPS) is 11.2. The van der Waals surface area contributed by atoms with Crippen LogP contribution in [0.15, 0.2) is 57.9 Å². The molecule has 0 amide bonds. The van der Waals surface area contributed by atoms with E-state index in [1.807, 2.05) is 0 Å². The van der Waals surface area contributed by atoms with Gasteiger partial charge in [-0.2, -0.15) is 0 Å². The van der Waals surface area contributed by atoms with Crippen LogP contribution in [-0.2, 0) is 10.0 Å². The molecule has 1 heterocycles. The number of hydrogen-bond acceptors (Lipinski definition) is 6. The minimum absolute atomic E-state index is 0.0279. The van der Waals surface area contributed by atoms with Gasteiger partial charge in [0, 0.05) is 22.7 Å². The molecule has 0 fully saturated rings. The van der Waals surface area contributed by atoms with Crippen LogP contribution in [0.4, 0.5) is 5.88 Å². The first-order valence-electron chi connectivity index (χ1n) is 7.40. The molecule has 0 bridgehead atoms. The van der Waals surface area contributed by atoms with E-state index in [1.54, 1.807) is 30.3 Å². The predicted octanol–water partition coefficient (Wildman–Crippen LogP) is 3.81.